The van der Waals surface area contributed by atoms with Crippen LogP contribution < -0.4 is 0 Å². The number of hydrogen-bond acceptors (Lipinski definition) is 2. The maximum absolute atomic E-state index is 13.8. The first-order valence-corrected chi connectivity index (χ1v) is 21.5. The number of allylic oxidation sites excluding steroid dienone is 3. The summed E-state index contributed by atoms with van der Waals surface area (Å²) >= 11 is 1.81. The molecule has 5 heteroatoms. The minimum atomic E-state index is -1.17. The lowest BCUT2D eigenvalue weighted by Crippen LogP contribution is -2.03. The lowest BCUT2D eigenvalue weighted by atomic mass is 9.85. The van der Waals surface area contributed by atoms with Gasteiger partial charge >= 0.3 is 0 Å². The summed E-state index contributed by atoms with van der Waals surface area (Å²) in [5.74, 6) is 0.208. The fourth-order valence-corrected chi connectivity index (χ4v) is 12.2. The summed E-state index contributed by atoms with van der Waals surface area (Å²) in [5, 5.41) is 9.98. The topological polar surface area (TPSA) is 26.4 Å². The molecular formula is C52H32N2OS2. The van der Waals surface area contributed by atoms with Gasteiger partial charge in [0.05, 0.1) is 37.8 Å². The van der Waals surface area contributed by atoms with Gasteiger partial charge < -0.3 is 4.57 Å². The molecule has 4 aromatic heterocycles. The summed E-state index contributed by atoms with van der Waals surface area (Å²) in [7, 11) is -1.17. The molecule has 0 fully saturated rings. The number of fused-ring (bicyclic) bond motifs is 11. The first-order chi connectivity index (χ1) is 28.2. The Morgan fingerprint density at radius 3 is 1.89 bits per heavy atom. The zero-order valence-corrected chi connectivity index (χ0v) is 32.3. The normalized spacial score (nSPS) is 16.6. The zero-order valence-electron chi connectivity index (χ0n) is 30.6. The van der Waals surface area contributed by atoms with Crippen molar-refractivity contribution in [3.05, 3.63) is 191 Å². The van der Waals surface area contributed by atoms with E-state index in [1.807, 2.05) is 11.3 Å². The number of nitrogens with zero attached hydrogens (tertiary/aromatic N) is 2. The number of benzene rings is 7. The van der Waals surface area contributed by atoms with Crippen LogP contribution in [0.3, 0.4) is 0 Å². The fraction of sp³-hybridized carbons (Fsp3) is 0.0385. The van der Waals surface area contributed by atoms with Crippen molar-refractivity contribution in [2.45, 2.75) is 17.2 Å². The molecule has 57 heavy (non-hydrogen) atoms. The summed E-state index contributed by atoms with van der Waals surface area (Å²) in [6.07, 6.45) is 5.20. The SMILES string of the molecule is O=S1C2=C(CC(c3ccc(-n4c5ccccc5c5ccccc54)cc3)C=C2)c2cc(-c3ccc(-c4cc5c6ccccc6n6c7sccc7c(c4)c56)cc3)ccc21. The zero-order chi connectivity index (χ0) is 37.4. The number of rotatable bonds is 4. The molecule has 5 heterocycles. The van der Waals surface area contributed by atoms with E-state index >= 15 is 0 Å². The molecule has 2 aliphatic rings. The highest BCUT2D eigenvalue weighted by atomic mass is 32.2. The molecule has 0 amide bonds. The number of thiophene rings is 1. The molecule has 3 nitrogen and oxygen atoms in total. The average molecular weight is 765 g/mol. The third-order valence-corrected chi connectivity index (χ3v) is 15.0. The molecule has 268 valence electrons. The molecular weight excluding hydrogens is 733 g/mol. The van der Waals surface area contributed by atoms with Crippen molar-refractivity contribution in [3.63, 3.8) is 0 Å². The van der Waals surface area contributed by atoms with E-state index < -0.39 is 10.8 Å². The Hall–Kier alpha value is -6.53. The van der Waals surface area contributed by atoms with Crippen LogP contribution >= 0.6 is 11.3 Å². The molecule has 7 aromatic carbocycles. The molecule has 2 atom stereocenters. The lowest BCUT2D eigenvalue weighted by Gasteiger charge is -2.20. The lowest BCUT2D eigenvalue weighted by molar-refractivity contribution is 0.688. The third-order valence-electron chi connectivity index (χ3n) is 12.5. The second-order valence-corrected chi connectivity index (χ2v) is 17.8. The third kappa shape index (κ3) is 4.44. The minimum Gasteiger partial charge on any atom is -0.309 e. The Balaban J connectivity index is 0.818. The van der Waals surface area contributed by atoms with Gasteiger partial charge in [0.2, 0.25) is 0 Å². The largest absolute Gasteiger partial charge is 0.309 e. The van der Waals surface area contributed by atoms with E-state index in [1.165, 1.54) is 81.5 Å². The van der Waals surface area contributed by atoms with Crippen LogP contribution in [-0.4, -0.2) is 13.2 Å². The summed E-state index contributed by atoms with van der Waals surface area (Å²) in [6.45, 7) is 0. The maximum Gasteiger partial charge on any atom is 0.108 e. The maximum atomic E-state index is 13.8. The van der Waals surface area contributed by atoms with Crippen molar-refractivity contribution < 1.29 is 4.21 Å². The molecule has 13 rings (SSSR count). The molecule has 0 N–H and O–H groups in total. The van der Waals surface area contributed by atoms with Crippen LogP contribution in [0, 0.1) is 0 Å². The van der Waals surface area contributed by atoms with Crippen LogP contribution in [0.5, 0.6) is 0 Å². The number of aromatic nitrogens is 2. The molecule has 0 saturated heterocycles. The minimum absolute atomic E-state index is 0.208. The monoisotopic (exact) mass is 764 g/mol. The predicted octanol–water partition coefficient (Wildman–Crippen LogP) is 13.9. The van der Waals surface area contributed by atoms with Gasteiger partial charge in [-0.05, 0) is 117 Å². The summed E-state index contributed by atoms with van der Waals surface area (Å²) in [6, 6.07) is 57.6. The van der Waals surface area contributed by atoms with Crippen LogP contribution in [0.4, 0.5) is 0 Å². The molecule has 1 aliphatic heterocycles. The summed E-state index contributed by atoms with van der Waals surface area (Å²) in [5.41, 5.74) is 14.5. The quantitative estimate of drug-likeness (QED) is 0.175. The summed E-state index contributed by atoms with van der Waals surface area (Å²) < 4.78 is 18.6. The van der Waals surface area contributed by atoms with Gasteiger partial charge in [-0.3, -0.25) is 4.40 Å². The average Bonchev–Trinajstić information content (AvgIpc) is 4.08. The fourth-order valence-electron chi connectivity index (χ4n) is 9.85. The molecule has 11 aromatic rings. The number of para-hydroxylation sites is 3. The Labute approximate surface area is 334 Å². The van der Waals surface area contributed by atoms with Crippen LogP contribution in [0.15, 0.2) is 185 Å². The van der Waals surface area contributed by atoms with Crippen LogP contribution in [0.1, 0.15) is 23.5 Å². The second kappa shape index (κ2) is 11.7. The van der Waals surface area contributed by atoms with E-state index in [4.69, 9.17) is 0 Å². The van der Waals surface area contributed by atoms with Crippen molar-refractivity contribution in [2.24, 2.45) is 0 Å². The Bertz CT molecular complexity index is 3510. The Morgan fingerprint density at radius 2 is 1.18 bits per heavy atom. The molecule has 0 radical (unpaired) electrons. The first kappa shape index (κ1) is 31.7. The van der Waals surface area contributed by atoms with Gasteiger partial charge in [-0.25, -0.2) is 4.21 Å². The molecule has 1 aliphatic carbocycles. The van der Waals surface area contributed by atoms with Gasteiger partial charge in [0.15, 0.2) is 0 Å². The van der Waals surface area contributed by atoms with E-state index in [1.54, 1.807) is 0 Å². The van der Waals surface area contributed by atoms with Crippen molar-refractivity contribution in [3.8, 4) is 27.9 Å². The Kier molecular flexibility index (Phi) is 6.52. The van der Waals surface area contributed by atoms with Gasteiger partial charge in [0, 0.05) is 48.8 Å². The van der Waals surface area contributed by atoms with Crippen LogP contribution in [-0.2, 0) is 10.8 Å². The van der Waals surface area contributed by atoms with Crippen LogP contribution in [0.2, 0.25) is 0 Å². The highest BCUT2D eigenvalue weighted by molar-refractivity contribution is 7.90. The van der Waals surface area contributed by atoms with Crippen molar-refractivity contribution >= 4 is 86.9 Å². The van der Waals surface area contributed by atoms with E-state index in [0.29, 0.717) is 0 Å². The standard InChI is InChI=1S/C52H32N2OS2/c55-57-49-23-19-34(31-13-15-33(16-14-31)36-29-44-40-9-3-6-12-48(40)54-51(44)45(30-36)41-25-26-56-52(41)54)27-42(49)43-28-35(20-24-50(43)57)32-17-21-37(22-18-32)53-46-10-4-1-7-38(46)39-8-2-5-11-47(39)53/h1-27,29-30,35H,28H2. The van der Waals surface area contributed by atoms with E-state index in [0.717, 1.165) is 38.6 Å². The summed E-state index contributed by atoms with van der Waals surface area (Å²) in [4.78, 5) is 3.19. The molecule has 0 bridgehead atoms. The van der Waals surface area contributed by atoms with E-state index in [9.17, 15) is 4.21 Å². The van der Waals surface area contributed by atoms with Crippen molar-refractivity contribution in [1.29, 1.82) is 0 Å². The smallest absolute Gasteiger partial charge is 0.108 e. The predicted molar refractivity (Wildman–Crippen MR) is 240 cm³/mol. The van der Waals surface area contributed by atoms with E-state index in [2.05, 4.69) is 184 Å². The van der Waals surface area contributed by atoms with E-state index in [-0.39, 0.29) is 5.92 Å². The first-order valence-electron chi connectivity index (χ1n) is 19.5. The molecule has 0 spiro atoms. The van der Waals surface area contributed by atoms with Crippen molar-refractivity contribution in [2.75, 3.05) is 0 Å². The second-order valence-electron chi connectivity index (χ2n) is 15.4. The highest BCUT2D eigenvalue weighted by Crippen LogP contribution is 2.48. The highest BCUT2D eigenvalue weighted by Gasteiger charge is 2.32. The van der Waals surface area contributed by atoms with Gasteiger partial charge in [-0.2, -0.15) is 0 Å². The molecule has 0 saturated carbocycles. The van der Waals surface area contributed by atoms with Crippen LogP contribution in [0.25, 0.3) is 92.7 Å². The van der Waals surface area contributed by atoms with Crippen molar-refractivity contribution in [1.82, 2.24) is 8.97 Å². The van der Waals surface area contributed by atoms with Gasteiger partial charge in [0.25, 0.3) is 0 Å². The van der Waals surface area contributed by atoms with Gasteiger partial charge in [-0.1, -0.05) is 103 Å². The Morgan fingerprint density at radius 1 is 0.561 bits per heavy atom. The number of hydrogen-bond donors (Lipinski definition) is 0. The van der Waals surface area contributed by atoms with Gasteiger partial charge in [-0.15, -0.1) is 11.3 Å². The molecule has 2 unspecified atom stereocenters. The van der Waals surface area contributed by atoms with Gasteiger partial charge in [0.1, 0.15) is 4.83 Å².